The van der Waals surface area contributed by atoms with E-state index in [1.54, 1.807) is 38.1 Å². The number of hydrogen-bond donors (Lipinski definition) is 2. The van der Waals surface area contributed by atoms with Gasteiger partial charge in [-0.2, -0.15) is 0 Å². The summed E-state index contributed by atoms with van der Waals surface area (Å²) in [5.74, 6) is -1.35. The van der Waals surface area contributed by atoms with Gasteiger partial charge in [-0.05, 0) is 66.9 Å². The maximum atomic E-state index is 13.6. The summed E-state index contributed by atoms with van der Waals surface area (Å²) in [6, 6.07) is 16.7. The lowest BCUT2D eigenvalue weighted by atomic mass is 9.62. The van der Waals surface area contributed by atoms with Crippen molar-refractivity contribution >= 4 is 7.32 Å². The van der Waals surface area contributed by atoms with Crippen molar-refractivity contribution in [1.82, 2.24) is 0 Å². The van der Waals surface area contributed by atoms with Crippen LogP contribution in [0.5, 0.6) is 0 Å². The van der Waals surface area contributed by atoms with E-state index in [-0.39, 0.29) is 0 Å². The molecule has 1 atom stereocenters. The Morgan fingerprint density at radius 2 is 0.931 bits per heavy atom. The van der Waals surface area contributed by atoms with Crippen LogP contribution in [-0.2, 0) is 15.7 Å². The van der Waals surface area contributed by atoms with Crippen LogP contribution >= 0.6 is 0 Å². The summed E-state index contributed by atoms with van der Waals surface area (Å²) >= 11 is 0. The van der Waals surface area contributed by atoms with Crippen LogP contribution in [0.2, 0.25) is 0 Å². The molecule has 29 heavy (non-hydrogen) atoms. The van der Waals surface area contributed by atoms with E-state index in [2.05, 4.69) is 0 Å². The van der Waals surface area contributed by atoms with E-state index in [4.69, 9.17) is 4.65 Å². The molecule has 0 aromatic heterocycles. The molecule has 3 aromatic carbocycles. The molecule has 0 bridgehead atoms. The molecular formula is C22H20BF3O3. The molecule has 0 heterocycles. The first kappa shape index (κ1) is 21.1. The van der Waals surface area contributed by atoms with Crippen LogP contribution in [0.25, 0.3) is 0 Å². The number of halogens is 3. The summed E-state index contributed by atoms with van der Waals surface area (Å²) in [5.41, 5.74) is -0.986. The van der Waals surface area contributed by atoms with Crippen LogP contribution < -0.4 is 0 Å². The Morgan fingerprint density at radius 1 is 0.621 bits per heavy atom. The van der Waals surface area contributed by atoms with Gasteiger partial charge in [0.2, 0.25) is 0 Å². The fourth-order valence-corrected chi connectivity index (χ4v) is 3.74. The molecule has 0 aliphatic rings. The van der Waals surface area contributed by atoms with Gasteiger partial charge in [0, 0.05) is 5.41 Å². The van der Waals surface area contributed by atoms with Gasteiger partial charge in [-0.1, -0.05) is 36.4 Å². The van der Waals surface area contributed by atoms with Crippen molar-refractivity contribution in [2.24, 2.45) is 0 Å². The summed E-state index contributed by atoms with van der Waals surface area (Å²) in [5, 5.41) is 19.4. The first-order valence-electron chi connectivity index (χ1n) is 8.99. The Hall–Kier alpha value is -2.61. The normalized spacial score (nSPS) is 13.8. The topological polar surface area (TPSA) is 49.7 Å². The highest BCUT2D eigenvalue weighted by Gasteiger charge is 2.51. The van der Waals surface area contributed by atoms with Gasteiger partial charge in [-0.3, -0.25) is 0 Å². The molecule has 1 unspecified atom stereocenters. The van der Waals surface area contributed by atoms with Crippen molar-refractivity contribution in [1.29, 1.82) is 0 Å². The highest BCUT2D eigenvalue weighted by molar-refractivity contribution is 6.32. The second kappa shape index (κ2) is 8.03. The number of rotatable bonds is 6. The van der Waals surface area contributed by atoms with Crippen LogP contribution in [0.4, 0.5) is 13.2 Å². The van der Waals surface area contributed by atoms with Crippen LogP contribution in [0, 0.1) is 17.5 Å². The molecule has 3 rings (SSSR count). The minimum absolute atomic E-state index is 0.443. The van der Waals surface area contributed by atoms with Crippen LogP contribution in [0.3, 0.4) is 0 Å². The molecule has 2 N–H and O–H groups in total. The molecule has 7 heteroatoms. The summed E-state index contributed by atoms with van der Waals surface area (Å²) in [6.07, 6.45) is 0. The number of hydrogen-bond acceptors (Lipinski definition) is 3. The summed E-state index contributed by atoms with van der Waals surface area (Å²) < 4.78 is 46.3. The molecule has 0 aliphatic carbocycles. The van der Waals surface area contributed by atoms with Gasteiger partial charge in [0.05, 0.1) is 5.60 Å². The van der Waals surface area contributed by atoms with Gasteiger partial charge in [-0.15, -0.1) is 0 Å². The van der Waals surface area contributed by atoms with Gasteiger partial charge in [0.25, 0.3) is 0 Å². The van der Waals surface area contributed by atoms with Crippen molar-refractivity contribution in [3.63, 3.8) is 0 Å². The number of benzene rings is 3. The van der Waals surface area contributed by atoms with Gasteiger partial charge in [0.15, 0.2) is 0 Å². The molecule has 150 valence electrons. The molecule has 0 saturated carbocycles. The predicted octanol–water partition coefficient (Wildman–Crippen LogP) is 4.31. The third kappa shape index (κ3) is 3.94. The first-order valence-corrected chi connectivity index (χ1v) is 8.99. The molecule has 3 aromatic rings. The van der Waals surface area contributed by atoms with Crippen molar-refractivity contribution in [3.05, 3.63) is 107 Å². The smallest absolute Gasteiger partial charge is 0.402 e. The maximum Gasteiger partial charge on any atom is 0.634 e. The van der Waals surface area contributed by atoms with E-state index in [0.29, 0.717) is 16.7 Å². The third-order valence-electron chi connectivity index (χ3n) is 5.53. The molecule has 0 spiro atoms. The molecule has 0 amide bonds. The Labute approximate surface area is 167 Å². The fourth-order valence-electron chi connectivity index (χ4n) is 3.74. The highest BCUT2D eigenvalue weighted by atomic mass is 19.1. The van der Waals surface area contributed by atoms with Gasteiger partial charge in [0.1, 0.15) is 17.5 Å². The predicted molar refractivity (Wildman–Crippen MR) is 104 cm³/mol. The van der Waals surface area contributed by atoms with Crippen molar-refractivity contribution in [2.75, 3.05) is 0 Å². The Balaban J connectivity index is 2.32. The summed E-state index contributed by atoms with van der Waals surface area (Å²) in [4.78, 5) is 0. The second-order valence-electron chi connectivity index (χ2n) is 7.12. The minimum atomic E-state index is -2.15. The summed E-state index contributed by atoms with van der Waals surface area (Å²) in [6.45, 7) is 3.38. The van der Waals surface area contributed by atoms with E-state index in [0.717, 1.165) is 0 Å². The van der Waals surface area contributed by atoms with Crippen molar-refractivity contribution in [3.8, 4) is 0 Å². The Morgan fingerprint density at radius 3 is 1.24 bits per heavy atom. The molecule has 0 aliphatic heterocycles. The van der Waals surface area contributed by atoms with E-state index in [9.17, 15) is 23.2 Å². The fraction of sp³-hybridized carbons (Fsp3) is 0.182. The molecule has 3 nitrogen and oxygen atoms in total. The van der Waals surface area contributed by atoms with Gasteiger partial charge < -0.3 is 14.7 Å². The van der Waals surface area contributed by atoms with E-state index >= 15 is 0 Å². The molecule has 0 radical (unpaired) electrons. The lowest BCUT2D eigenvalue weighted by Crippen LogP contribution is -2.51. The first-order chi connectivity index (χ1) is 13.7. The van der Waals surface area contributed by atoms with E-state index in [1.807, 2.05) is 0 Å². The van der Waals surface area contributed by atoms with E-state index in [1.165, 1.54) is 48.5 Å². The van der Waals surface area contributed by atoms with Crippen LogP contribution in [-0.4, -0.2) is 17.4 Å². The molecule has 0 saturated heterocycles. The zero-order valence-electron chi connectivity index (χ0n) is 15.9. The average molecular weight is 400 g/mol. The minimum Gasteiger partial charge on any atom is -0.402 e. The zero-order valence-corrected chi connectivity index (χ0v) is 15.9. The highest BCUT2D eigenvalue weighted by Crippen LogP contribution is 2.49. The Bertz CT molecular complexity index is 915. The van der Waals surface area contributed by atoms with E-state index < -0.39 is 35.8 Å². The largest absolute Gasteiger partial charge is 0.634 e. The van der Waals surface area contributed by atoms with Gasteiger partial charge >= 0.3 is 7.32 Å². The zero-order chi connectivity index (χ0) is 21.2. The maximum absolute atomic E-state index is 13.6. The van der Waals surface area contributed by atoms with Crippen LogP contribution in [0.1, 0.15) is 30.5 Å². The Kier molecular flexibility index (Phi) is 5.84. The average Bonchev–Trinajstić information content (AvgIpc) is 2.68. The third-order valence-corrected chi connectivity index (χ3v) is 5.53. The molecule has 0 fully saturated rings. The lowest BCUT2D eigenvalue weighted by molar-refractivity contribution is -0.0180. The SMILES string of the molecule is CC(OB(O)O)(c1ccc(F)cc1)C(C)(c1ccc(F)cc1)c1ccc(F)cc1. The quantitative estimate of drug-likeness (QED) is 0.607. The lowest BCUT2D eigenvalue weighted by Gasteiger charge is -2.48. The summed E-state index contributed by atoms with van der Waals surface area (Å²) in [7, 11) is -2.15. The standard InChI is InChI=1S/C22H20BF3O3/c1-21(15-3-9-18(24)10-4-15,16-5-11-19(25)12-6-16)22(2,29-23(27)28)17-7-13-20(26)14-8-17/h3-14,27-28H,1-2H3. The van der Waals surface area contributed by atoms with Crippen molar-refractivity contribution in [2.45, 2.75) is 24.9 Å². The van der Waals surface area contributed by atoms with Gasteiger partial charge in [-0.25, -0.2) is 13.2 Å². The molecular weight excluding hydrogens is 380 g/mol. The second-order valence-corrected chi connectivity index (χ2v) is 7.12. The monoisotopic (exact) mass is 400 g/mol. The van der Waals surface area contributed by atoms with Crippen LogP contribution in [0.15, 0.2) is 72.8 Å². The van der Waals surface area contributed by atoms with Crippen molar-refractivity contribution < 1.29 is 27.9 Å².